The summed E-state index contributed by atoms with van der Waals surface area (Å²) in [5, 5.41) is 4.71. The summed E-state index contributed by atoms with van der Waals surface area (Å²) >= 11 is 4.71. The van der Waals surface area contributed by atoms with E-state index in [0.29, 0.717) is 17.6 Å². The van der Waals surface area contributed by atoms with Gasteiger partial charge in [-0.15, -0.1) is 34.0 Å². The molecule has 0 atom stereocenters. The van der Waals surface area contributed by atoms with Crippen LogP contribution >= 0.6 is 34.0 Å². The van der Waals surface area contributed by atoms with E-state index in [9.17, 15) is 4.79 Å². The molecule has 4 heterocycles. The molecule has 4 aromatic heterocycles. The largest absolute Gasteiger partial charge is 0.310 e. The van der Waals surface area contributed by atoms with E-state index in [1.54, 1.807) is 34.4 Å². The SMILES string of the molecule is O=c1[nH]c(Cc2cncs2)nc2scc(-c3cccs3)c12. The summed E-state index contributed by atoms with van der Waals surface area (Å²) < 4.78 is 0. The molecule has 0 aliphatic heterocycles. The molecule has 0 bridgehead atoms. The van der Waals surface area contributed by atoms with Crippen molar-refractivity contribution in [3.05, 3.63) is 55.7 Å². The summed E-state index contributed by atoms with van der Waals surface area (Å²) in [6, 6.07) is 4.01. The highest BCUT2D eigenvalue weighted by Crippen LogP contribution is 2.33. The van der Waals surface area contributed by atoms with Gasteiger partial charge in [0.2, 0.25) is 0 Å². The van der Waals surface area contributed by atoms with Crippen LogP contribution in [0.3, 0.4) is 0 Å². The van der Waals surface area contributed by atoms with E-state index >= 15 is 0 Å². The fraction of sp³-hybridized carbons (Fsp3) is 0.0714. The predicted octanol–water partition coefficient (Wildman–Crippen LogP) is 3.76. The Balaban J connectivity index is 1.83. The first-order valence-corrected chi connectivity index (χ1v) is 8.87. The molecule has 0 spiro atoms. The first-order chi connectivity index (χ1) is 10.3. The topological polar surface area (TPSA) is 58.6 Å². The molecule has 0 aliphatic carbocycles. The van der Waals surface area contributed by atoms with Crippen LogP contribution in [-0.2, 0) is 6.42 Å². The van der Waals surface area contributed by atoms with Crippen molar-refractivity contribution in [2.24, 2.45) is 0 Å². The van der Waals surface area contributed by atoms with Gasteiger partial charge >= 0.3 is 0 Å². The number of thiazole rings is 1. The quantitative estimate of drug-likeness (QED) is 0.622. The third-order valence-electron chi connectivity index (χ3n) is 3.10. The van der Waals surface area contributed by atoms with E-state index < -0.39 is 0 Å². The van der Waals surface area contributed by atoms with Crippen molar-refractivity contribution in [1.29, 1.82) is 0 Å². The molecule has 0 aromatic carbocycles. The number of nitrogens with one attached hydrogen (secondary N) is 1. The molecule has 4 aromatic rings. The Kier molecular flexibility index (Phi) is 3.17. The van der Waals surface area contributed by atoms with Gasteiger partial charge < -0.3 is 4.98 Å². The number of thiophene rings is 2. The third-order valence-corrected chi connectivity index (χ3v) is 5.66. The summed E-state index contributed by atoms with van der Waals surface area (Å²) in [4.78, 5) is 26.9. The Morgan fingerprint density at radius 3 is 2.95 bits per heavy atom. The molecular weight excluding hydrogens is 322 g/mol. The molecule has 7 heteroatoms. The van der Waals surface area contributed by atoms with Gasteiger partial charge in [-0.25, -0.2) is 4.98 Å². The summed E-state index contributed by atoms with van der Waals surface area (Å²) in [5.41, 5.74) is 2.69. The van der Waals surface area contributed by atoms with Crippen LogP contribution in [0.25, 0.3) is 20.7 Å². The van der Waals surface area contributed by atoms with Gasteiger partial charge in [-0.05, 0) is 11.4 Å². The maximum atomic E-state index is 12.4. The highest BCUT2D eigenvalue weighted by molar-refractivity contribution is 7.18. The minimum atomic E-state index is -0.0656. The van der Waals surface area contributed by atoms with Crippen LogP contribution in [-0.4, -0.2) is 15.0 Å². The number of nitrogens with zero attached hydrogens (tertiary/aromatic N) is 2. The zero-order valence-corrected chi connectivity index (χ0v) is 13.1. The van der Waals surface area contributed by atoms with Crippen LogP contribution in [0, 0.1) is 0 Å². The van der Waals surface area contributed by atoms with E-state index in [0.717, 1.165) is 20.1 Å². The lowest BCUT2D eigenvalue weighted by atomic mass is 10.2. The van der Waals surface area contributed by atoms with Gasteiger partial charge in [-0.3, -0.25) is 9.78 Å². The van der Waals surface area contributed by atoms with E-state index in [2.05, 4.69) is 15.0 Å². The molecule has 0 saturated carbocycles. The maximum absolute atomic E-state index is 12.4. The van der Waals surface area contributed by atoms with E-state index in [1.165, 1.54) is 11.3 Å². The van der Waals surface area contributed by atoms with Gasteiger partial charge in [0.1, 0.15) is 10.7 Å². The summed E-state index contributed by atoms with van der Waals surface area (Å²) in [6.07, 6.45) is 2.42. The lowest BCUT2D eigenvalue weighted by molar-refractivity contribution is 0.987. The van der Waals surface area contributed by atoms with Crippen LogP contribution in [0.15, 0.2) is 39.4 Å². The zero-order valence-electron chi connectivity index (χ0n) is 10.7. The van der Waals surface area contributed by atoms with Crippen molar-refractivity contribution < 1.29 is 0 Å². The Bertz CT molecular complexity index is 936. The van der Waals surface area contributed by atoms with Gasteiger partial charge in [0.05, 0.1) is 10.9 Å². The van der Waals surface area contributed by atoms with Crippen LogP contribution in [0.1, 0.15) is 10.7 Å². The Hall–Kier alpha value is -1.83. The molecule has 0 saturated heterocycles. The molecule has 0 fully saturated rings. The number of aromatic amines is 1. The van der Waals surface area contributed by atoms with Crippen molar-refractivity contribution in [2.45, 2.75) is 6.42 Å². The lowest BCUT2D eigenvalue weighted by Crippen LogP contribution is -2.11. The molecule has 4 rings (SSSR count). The minimum Gasteiger partial charge on any atom is -0.310 e. The number of rotatable bonds is 3. The fourth-order valence-corrected chi connectivity index (χ4v) is 4.56. The van der Waals surface area contributed by atoms with Crippen molar-refractivity contribution in [1.82, 2.24) is 15.0 Å². The molecule has 21 heavy (non-hydrogen) atoms. The lowest BCUT2D eigenvalue weighted by Gasteiger charge is -1.99. The monoisotopic (exact) mass is 331 g/mol. The Morgan fingerprint density at radius 1 is 1.24 bits per heavy atom. The molecule has 0 aliphatic rings. The standard InChI is InChI=1S/C14H9N3OS3/c18-13-12-9(10-2-1-3-19-10)6-20-14(12)17-11(16-13)4-8-5-15-7-21-8/h1-3,5-7H,4H2,(H,16,17,18). The molecule has 1 N–H and O–H groups in total. The van der Waals surface area contributed by atoms with Gasteiger partial charge in [-0.1, -0.05) is 6.07 Å². The third kappa shape index (κ3) is 2.33. The van der Waals surface area contributed by atoms with Gasteiger partial charge in [-0.2, -0.15) is 0 Å². The average molecular weight is 331 g/mol. The molecular formula is C14H9N3OS3. The number of H-pyrrole nitrogens is 1. The highest BCUT2D eigenvalue weighted by Gasteiger charge is 2.13. The summed E-state index contributed by atoms with van der Waals surface area (Å²) in [6.45, 7) is 0. The zero-order chi connectivity index (χ0) is 14.2. The van der Waals surface area contributed by atoms with Crippen molar-refractivity contribution >= 4 is 44.2 Å². The normalized spacial score (nSPS) is 11.2. The van der Waals surface area contributed by atoms with Crippen molar-refractivity contribution in [2.75, 3.05) is 0 Å². The smallest absolute Gasteiger partial charge is 0.260 e. The predicted molar refractivity (Wildman–Crippen MR) is 88.5 cm³/mol. The van der Waals surface area contributed by atoms with Crippen LogP contribution in [0.2, 0.25) is 0 Å². The first kappa shape index (κ1) is 12.9. The van der Waals surface area contributed by atoms with Crippen molar-refractivity contribution in [3.8, 4) is 10.4 Å². The fourth-order valence-electron chi connectivity index (χ4n) is 2.18. The second kappa shape index (κ2) is 5.18. The van der Waals surface area contributed by atoms with Crippen LogP contribution in [0.5, 0.6) is 0 Å². The number of hydrogen-bond donors (Lipinski definition) is 1. The minimum absolute atomic E-state index is 0.0656. The summed E-state index contributed by atoms with van der Waals surface area (Å²) in [7, 11) is 0. The van der Waals surface area contributed by atoms with E-state index in [4.69, 9.17) is 0 Å². The number of fused-ring (bicyclic) bond motifs is 1. The van der Waals surface area contributed by atoms with Gasteiger partial charge in [0.25, 0.3) is 5.56 Å². The maximum Gasteiger partial charge on any atom is 0.260 e. The van der Waals surface area contributed by atoms with Crippen LogP contribution in [0.4, 0.5) is 0 Å². The van der Waals surface area contributed by atoms with E-state index in [1.807, 2.05) is 22.9 Å². The Morgan fingerprint density at radius 2 is 2.19 bits per heavy atom. The van der Waals surface area contributed by atoms with E-state index in [-0.39, 0.29) is 5.56 Å². The second-order valence-corrected chi connectivity index (χ2v) is 7.24. The molecule has 0 amide bonds. The van der Waals surface area contributed by atoms with Crippen LogP contribution < -0.4 is 5.56 Å². The number of hydrogen-bond acceptors (Lipinski definition) is 6. The van der Waals surface area contributed by atoms with Gasteiger partial charge in [0.15, 0.2) is 0 Å². The highest BCUT2D eigenvalue weighted by atomic mass is 32.1. The second-order valence-electron chi connectivity index (χ2n) is 4.46. The average Bonchev–Trinajstić information content (AvgIpc) is 3.19. The Labute approximate surface area is 131 Å². The number of aromatic nitrogens is 3. The summed E-state index contributed by atoms with van der Waals surface area (Å²) in [5.74, 6) is 0.691. The molecule has 104 valence electrons. The van der Waals surface area contributed by atoms with Gasteiger partial charge in [0, 0.05) is 33.3 Å². The van der Waals surface area contributed by atoms with Crippen molar-refractivity contribution in [3.63, 3.8) is 0 Å². The molecule has 0 unspecified atom stereocenters. The first-order valence-electron chi connectivity index (χ1n) is 6.23. The molecule has 4 nitrogen and oxygen atoms in total. The molecule has 0 radical (unpaired) electrons.